The van der Waals surface area contributed by atoms with E-state index >= 15 is 0 Å². The first kappa shape index (κ1) is 12.3. The summed E-state index contributed by atoms with van der Waals surface area (Å²) in [7, 11) is 0. The smallest absolute Gasteiger partial charge is 0.247 e. The molecule has 14 heavy (non-hydrogen) atoms. The second kappa shape index (κ2) is 5.15. The molecule has 0 bridgehead atoms. The topological polar surface area (TPSA) is 98.7 Å². The van der Waals surface area contributed by atoms with Crippen molar-refractivity contribution in [3.63, 3.8) is 0 Å². The van der Waals surface area contributed by atoms with Gasteiger partial charge < -0.3 is 20.8 Å². The van der Waals surface area contributed by atoms with Gasteiger partial charge in [0, 0.05) is 0 Å². The molecule has 0 aromatic rings. The second-order valence-electron chi connectivity index (χ2n) is 2.41. The van der Waals surface area contributed by atoms with Crippen LogP contribution in [0.15, 0.2) is 25.3 Å². The third-order valence-electron chi connectivity index (χ3n) is 1.26. The molecule has 0 radical (unpaired) electrons. The first-order valence-corrected chi connectivity index (χ1v) is 3.70. The quantitative estimate of drug-likeness (QED) is 0.312. The molecular weight excluding hydrogens is 188 g/mol. The van der Waals surface area contributed by atoms with Crippen molar-refractivity contribution in [2.75, 3.05) is 6.61 Å². The number of carbonyl (C=O) groups is 2. The third kappa shape index (κ3) is 3.83. The molecule has 0 aliphatic carbocycles. The molecule has 0 rings (SSSR count). The van der Waals surface area contributed by atoms with Gasteiger partial charge in [-0.3, -0.25) is 9.59 Å². The first-order valence-electron chi connectivity index (χ1n) is 3.70. The summed E-state index contributed by atoms with van der Waals surface area (Å²) in [5.41, 5.74) is 0. The van der Waals surface area contributed by atoms with Crippen molar-refractivity contribution in [3.8, 4) is 0 Å². The van der Waals surface area contributed by atoms with E-state index in [1.807, 2.05) is 10.6 Å². The molecule has 0 unspecified atom stereocenters. The fourth-order valence-electron chi connectivity index (χ4n) is 0.620. The van der Waals surface area contributed by atoms with Crippen LogP contribution in [0, 0.1) is 0 Å². The van der Waals surface area contributed by atoms with Gasteiger partial charge in [0.05, 0.1) is 0 Å². The number of hydrogen-bond acceptors (Lipinski definition) is 4. The van der Waals surface area contributed by atoms with E-state index in [0.29, 0.717) is 0 Å². The highest BCUT2D eigenvalue weighted by molar-refractivity contribution is 5.90. The fourth-order valence-corrected chi connectivity index (χ4v) is 0.620. The molecule has 0 aromatic heterocycles. The summed E-state index contributed by atoms with van der Waals surface area (Å²) < 4.78 is 0. The molecule has 0 heterocycles. The van der Waals surface area contributed by atoms with E-state index in [-0.39, 0.29) is 0 Å². The molecule has 0 fully saturated rings. The first-order chi connectivity index (χ1) is 6.47. The highest BCUT2D eigenvalue weighted by atomic mass is 16.4. The maximum absolute atomic E-state index is 10.8. The van der Waals surface area contributed by atoms with E-state index < -0.39 is 24.3 Å². The van der Waals surface area contributed by atoms with Gasteiger partial charge in [0.1, 0.15) is 6.61 Å². The standard InChI is InChI=1S/C8H12N2O4/c1-3-6(12)9-8(14,5-11)10-7(13)4-2/h3-4,11,14H,1-2,5H2,(H,9,12)(H,10,13). The van der Waals surface area contributed by atoms with E-state index in [9.17, 15) is 14.7 Å². The zero-order valence-electron chi connectivity index (χ0n) is 7.49. The van der Waals surface area contributed by atoms with Gasteiger partial charge in [-0.1, -0.05) is 13.2 Å². The van der Waals surface area contributed by atoms with Gasteiger partial charge in [0.2, 0.25) is 17.7 Å². The zero-order chi connectivity index (χ0) is 11.2. The number of carbonyl (C=O) groups excluding carboxylic acids is 2. The highest BCUT2D eigenvalue weighted by Gasteiger charge is 2.28. The number of amides is 2. The molecule has 6 heteroatoms. The largest absolute Gasteiger partial charge is 0.389 e. The van der Waals surface area contributed by atoms with Crippen molar-refractivity contribution in [1.29, 1.82) is 0 Å². The van der Waals surface area contributed by atoms with E-state index in [1.165, 1.54) is 0 Å². The Morgan fingerprint density at radius 1 is 1.21 bits per heavy atom. The molecule has 2 amide bonds. The Morgan fingerprint density at radius 3 is 1.79 bits per heavy atom. The number of hydrogen-bond donors (Lipinski definition) is 4. The highest BCUT2D eigenvalue weighted by Crippen LogP contribution is 1.93. The van der Waals surface area contributed by atoms with Crippen molar-refractivity contribution in [2.24, 2.45) is 0 Å². The lowest BCUT2D eigenvalue weighted by Gasteiger charge is -2.26. The number of nitrogens with one attached hydrogen (secondary N) is 2. The average Bonchev–Trinajstić information content (AvgIpc) is 2.17. The summed E-state index contributed by atoms with van der Waals surface area (Å²) in [6.45, 7) is 5.41. The van der Waals surface area contributed by atoms with Gasteiger partial charge in [0.25, 0.3) is 0 Å². The molecule has 0 aliphatic rings. The SMILES string of the molecule is C=CC(=O)NC(O)(CO)NC(=O)C=C. The number of aliphatic hydroxyl groups is 2. The molecule has 0 saturated carbocycles. The van der Waals surface area contributed by atoms with Crippen molar-refractivity contribution < 1.29 is 19.8 Å². The fraction of sp³-hybridized carbons (Fsp3) is 0.250. The van der Waals surface area contributed by atoms with Crippen LogP contribution in [0.4, 0.5) is 0 Å². The predicted octanol–water partition coefficient (Wildman–Crippen LogP) is -1.77. The average molecular weight is 200 g/mol. The molecular formula is C8H12N2O4. The predicted molar refractivity (Wildman–Crippen MR) is 48.7 cm³/mol. The summed E-state index contributed by atoms with van der Waals surface area (Å²) in [6.07, 6.45) is 1.78. The minimum absolute atomic E-state index is 0.731. The molecule has 0 spiro atoms. The summed E-state index contributed by atoms with van der Waals surface area (Å²) in [6, 6.07) is 0. The molecule has 78 valence electrons. The van der Waals surface area contributed by atoms with Crippen molar-refractivity contribution in [3.05, 3.63) is 25.3 Å². The molecule has 0 atom stereocenters. The maximum atomic E-state index is 10.8. The lowest BCUT2D eigenvalue weighted by atomic mass is 10.4. The van der Waals surface area contributed by atoms with Gasteiger partial charge >= 0.3 is 0 Å². The monoisotopic (exact) mass is 200 g/mol. The van der Waals surface area contributed by atoms with Gasteiger partial charge in [0.15, 0.2) is 0 Å². The molecule has 6 nitrogen and oxygen atoms in total. The van der Waals surface area contributed by atoms with Crippen LogP contribution in [0.2, 0.25) is 0 Å². The molecule has 0 aromatic carbocycles. The van der Waals surface area contributed by atoms with E-state index in [0.717, 1.165) is 12.2 Å². The number of aliphatic hydroxyl groups excluding tert-OH is 1. The van der Waals surface area contributed by atoms with Crippen LogP contribution in [0.25, 0.3) is 0 Å². The molecule has 0 aliphatic heterocycles. The minimum atomic E-state index is -2.20. The Kier molecular flexibility index (Phi) is 4.54. The van der Waals surface area contributed by atoms with Crippen LogP contribution in [-0.2, 0) is 9.59 Å². The molecule has 0 saturated heterocycles. The van der Waals surface area contributed by atoms with Crippen LogP contribution < -0.4 is 10.6 Å². The van der Waals surface area contributed by atoms with Gasteiger partial charge in [-0.15, -0.1) is 0 Å². The summed E-state index contributed by atoms with van der Waals surface area (Å²) in [4.78, 5) is 21.6. The zero-order valence-corrected chi connectivity index (χ0v) is 7.49. The van der Waals surface area contributed by atoms with E-state index in [1.54, 1.807) is 0 Å². The maximum Gasteiger partial charge on any atom is 0.247 e. The molecule has 4 N–H and O–H groups in total. The summed E-state index contributed by atoms with van der Waals surface area (Å²) >= 11 is 0. The third-order valence-corrected chi connectivity index (χ3v) is 1.26. The Morgan fingerprint density at radius 2 is 1.57 bits per heavy atom. The van der Waals surface area contributed by atoms with Crippen molar-refractivity contribution >= 4 is 11.8 Å². The Balaban J connectivity index is 4.45. The van der Waals surface area contributed by atoms with E-state index in [2.05, 4.69) is 13.2 Å². The Labute approximate surface area is 80.9 Å². The van der Waals surface area contributed by atoms with Crippen LogP contribution in [0.5, 0.6) is 0 Å². The lowest BCUT2D eigenvalue weighted by Crippen LogP contribution is -2.62. The normalized spacial score (nSPS) is 10.1. The Hall–Kier alpha value is -1.66. The van der Waals surface area contributed by atoms with Crippen LogP contribution >= 0.6 is 0 Å². The summed E-state index contributed by atoms with van der Waals surface area (Å²) in [5.74, 6) is -3.66. The van der Waals surface area contributed by atoms with Crippen LogP contribution in [0.3, 0.4) is 0 Å². The van der Waals surface area contributed by atoms with Gasteiger partial charge in [-0.25, -0.2) is 0 Å². The lowest BCUT2D eigenvalue weighted by molar-refractivity contribution is -0.139. The van der Waals surface area contributed by atoms with Crippen LogP contribution in [-0.4, -0.2) is 34.5 Å². The van der Waals surface area contributed by atoms with E-state index in [4.69, 9.17) is 5.11 Å². The Bertz CT molecular complexity index is 240. The van der Waals surface area contributed by atoms with Gasteiger partial charge in [-0.2, -0.15) is 0 Å². The van der Waals surface area contributed by atoms with Crippen LogP contribution in [0.1, 0.15) is 0 Å². The van der Waals surface area contributed by atoms with Gasteiger partial charge in [-0.05, 0) is 12.2 Å². The summed E-state index contributed by atoms with van der Waals surface area (Å²) in [5, 5.41) is 22.0. The van der Waals surface area contributed by atoms with Crippen molar-refractivity contribution in [1.82, 2.24) is 10.6 Å². The van der Waals surface area contributed by atoms with Crippen molar-refractivity contribution in [2.45, 2.75) is 5.85 Å². The second-order valence-corrected chi connectivity index (χ2v) is 2.41. The number of rotatable bonds is 5. The minimum Gasteiger partial charge on any atom is -0.389 e.